The van der Waals surface area contributed by atoms with Crippen molar-refractivity contribution in [2.45, 2.75) is 31.6 Å². The zero-order valence-electron chi connectivity index (χ0n) is 11.3. The van der Waals surface area contributed by atoms with Crippen molar-refractivity contribution in [3.63, 3.8) is 0 Å². The van der Waals surface area contributed by atoms with Gasteiger partial charge in [-0.15, -0.1) is 0 Å². The summed E-state index contributed by atoms with van der Waals surface area (Å²) in [6.45, 7) is 7.03. The number of hydrogen-bond donors (Lipinski definition) is 2. The summed E-state index contributed by atoms with van der Waals surface area (Å²) in [6.07, 6.45) is 2.36. The first-order valence-electron chi connectivity index (χ1n) is 6.77. The minimum atomic E-state index is -1.06. The Morgan fingerprint density at radius 1 is 1.22 bits per heavy atom. The second-order valence-corrected chi connectivity index (χ2v) is 5.42. The molecular weight excluding hydrogens is 244 g/mol. The van der Waals surface area contributed by atoms with Gasteiger partial charge in [0.1, 0.15) is 11.0 Å². The summed E-state index contributed by atoms with van der Waals surface area (Å²) in [7, 11) is -1.06. The van der Waals surface area contributed by atoms with Crippen LogP contribution in [0.5, 0.6) is 0 Å². The molecular formula is C14H24N2OS. The monoisotopic (exact) mass is 268 g/mol. The van der Waals surface area contributed by atoms with Gasteiger partial charge >= 0.3 is 0 Å². The lowest BCUT2D eigenvalue weighted by Crippen LogP contribution is -2.34. The predicted octanol–water partition coefficient (Wildman–Crippen LogP) is 2.32. The Labute approximate surface area is 113 Å². The van der Waals surface area contributed by atoms with Gasteiger partial charge in [0.15, 0.2) is 0 Å². The van der Waals surface area contributed by atoms with Crippen LogP contribution in [0.25, 0.3) is 0 Å². The first kappa shape index (κ1) is 15.3. The SMILES string of the molecule is CC.O=S(NCC1CCNCC1)c1ccccc1. The van der Waals surface area contributed by atoms with Crippen LogP contribution in [0.15, 0.2) is 35.2 Å². The summed E-state index contributed by atoms with van der Waals surface area (Å²) < 4.78 is 15.0. The van der Waals surface area contributed by atoms with Gasteiger partial charge in [-0.05, 0) is 44.0 Å². The van der Waals surface area contributed by atoms with Crippen molar-refractivity contribution < 1.29 is 4.21 Å². The van der Waals surface area contributed by atoms with Crippen LogP contribution in [-0.4, -0.2) is 23.8 Å². The number of benzene rings is 1. The molecule has 1 atom stereocenters. The fourth-order valence-electron chi connectivity index (χ4n) is 1.91. The molecule has 0 bridgehead atoms. The normalized spacial score (nSPS) is 17.7. The van der Waals surface area contributed by atoms with Gasteiger partial charge in [-0.25, -0.2) is 8.93 Å². The molecule has 1 saturated heterocycles. The molecule has 2 N–H and O–H groups in total. The summed E-state index contributed by atoms with van der Waals surface area (Å²) >= 11 is 0. The fraction of sp³-hybridized carbons (Fsp3) is 0.571. The standard InChI is InChI=1S/C12H18N2OS.C2H6/c15-16(12-4-2-1-3-5-12)14-10-11-6-8-13-9-7-11;1-2/h1-5,11,13-14H,6-10H2;1-2H3. The molecule has 4 heteroatoms. The van der Waals surface area contributed by atoms with E-state index in [-0.39, 0.29) is 0 Å². The van der Waals surface area contributed by atoms with Gasteiger partial charge in [0.05, 0.1) is 4.90 Å². The minimum absolute atomic E-state index is 0.661. The van der Waals surface area contributed by atoms with Crippen LogP contribution in [0.2, 0.25) is 0 Å². The van der Waals surface area contributed by atoms with Crippen LogP contribution in [0.3, 0.4) is 0 Å². The lowest BCUT2D eigenvalue weighted by atomic mass is 9.99. The van der Waals surface area contributed by atoms with Crippen molar-refractivity contribution in [3.05, 3.63) is 30.3 Å². The van der Waals surface area contributed by atoms with E-state index in [0.29, 0.717) is 5.92 Å². The zero-order valence-corrected chi connectivity index (χ0v) is 12.1. The van der Waals surface area contributed by atoms with Gasteiger partial charge in [0.25, 0.3) is 0 Å². The van der Waals surface area contributed by atoms with Crippen molar-refractivity contribution in [1.82, 2.24) is 10.0 Å². The number of nitrogens with one attached hydrogen (secondary N) is 2. The Bertz CT molecular complexity index is 337. The van der Waals surface area contributed by atoms with Crippen molar-refractivity contribution in [1.29, 1.82) is 0 Å². The Hall–Kier alpha value is -0.710. The molecule has 1 fully saturated rings. The van der Waals surface area contributed by atoms with Crippen molar-refractivity contribution in [2.75, 3.05) is 19.6 Å². The molecule has 3 nitrogen and oxygen atoms in total. The van der Waals surface area contributed by atoms with E-state index in [1.54, 1.807) is 0 Å². The van der Waals surface area contributed by atoms with E-state index in [1.165, 1.54) is 12.8 Å². The highest BCUT2D eigenvalue weighted by Crippen LogP contribution is 2.11. The maximum Gasteiger partial charge on any atom is 0.124 e. The molecule has 1 heterocycles. The topological polar surface area (TPSA) is 41.1 Å². The second kappa shape index (κ2) is 9.25. The maximum atomic E-state index is 11.9. The molecule has 1 aromatic carbocycles. The average molecular weight is 268 g/mol. The van der Waals surface area contributed by atoms with Crippen LogP contribution >= 0.6 is 0 Å². The summed E-state index contributed by atoms with van der Waals surface area (Å²) in [5.41, 5.74) is 0. The first-order chi connectivity index (χ1) is 8.86. The molecule has 0 spiro atoms. The largest absolute Gasteiger partial charge is 0.317 e. The van der Waals surface area contributed by atoms with Crippen LogP contribution in [0, 0.1) is 5.92 Å². The molecule has 102 valence electrons. The second-order valence-electron chi connectivity index (χ2n) is 4.12. The van der Waals surface area contributed by atoms with E-state index in [0.717, 1.165) is 24.5 Å². The Morgan fingerprint density at radius 2 is 1.83 bits per heavy atom. The van der Waals surface area contributed by atoms with Gasteiger partial charge in [-0.3, -0.25) is 0 Å². The highest BCUT2D eigenvalue weighted by atomic mass is 32.2. The molecule has 1 aliphatic heterocycles. The van der Waals surface area contributed by atoms with E-state index < -0.39 is 11.0 Å². The number of rotatable bonds is 4. The summed E-state index contributed by atoms with van der Waals surface area (Å²) in [4.78, 5) is 0.858. The molecule has 0 aliphatic carbocycles. The third kappa shape index (κ3) is 5.29. The molecule has 1 aromatic rings. The summed E-state index contributed by atoms with van der Waals surface area (Å²) in [5, 5.41) is 3.33. The van der Waals surface area contributed by atoms with Gasteiger partial charge in [0, 0.05) is 6.54 Å². The quantitative estimate of drug-likeness (QED) is 0.880. The lowest BCUT2D eigenvalue weighted by molar-refractivity contribution is 0.374. The van der Waals surface area contributed by atoms with Crippen LogP contribution in [-0.2, 0) is 11.0 Å². The number of piperidine rings is 1. The molecule has 0 saturated carbocycles. The smallest absolute Gasteiger partial charge is 0.124 e. The van der Waals surface area contributed by atoms with Gasteiger partial charge in [-0.2, -0.15) is 0 Å². The van der Waals surface area contributed by atoms with Crippen LogP contribution < -0.4 is 10.0 Å². The first-order valence-corrected chi connectivity index (χ1v) is 7.92. The third-order valence-corrected chi connectivity index (χ3v) is 4.05. The van der Waals surface area contributed by atoms with Crippen LogP contribution in [0.1, 0.15) is 26.7 Å². The van der Waals surface area contributed by atoms with Crippen LogP contribution in [0.4, 0.5) is 0 Å². The highest BCUT2D eigenvalue weighted by Gasteiger charge is 2.13. The zero-order chi connectivity index (χ0) is 13.2. The lowest BCUT2D eigenvalue weighted by Gasteiger charge is -2.22. The Morgan fingerprint density at radius 3 is 2.44 bits per heavy atom. The van der Waals surface area contributed by atoms with E-state index in [4.69, 9.17) is 0 Å². The summed E-state index contributed by atoms with van der Waals surface area (Å²) in [6, 6.07) is 9.56. The van der Waals surface area contributed by atoms with Gasteiger partial charge in [0.2, 0.25) is 0 Å². The molecule has 1 unspecified atom stereocenters. The van der Waals surface area contributed by atoms with E-state index in [9.17, 15) is 4.21 Å². The number of hydrogen-bond acceptors (Lipinski definition) is 2. The van der Waals surface area contributed by atoms with Crippen molar-refractivity contribution in [2.24, 2.45) is 5.92 Å². The van der Waals surface area contributed by atoms with E-state index >= 15 is 0 Å². The minimum Gasteiger partial charge on any atom is -0.317 e. The van der Waals surface area contributed by atoms with E-state index in [2.05, 4.69) is 10.0 Å². The third-order valence-electron chi connectivity index (χ3n) is 2.92. The fourth-order valence-corrected chi connectivity index (χ4v) is 2.86. The summed E-state index contributed by atoms with van der Waals surface area (Å²) in [5.74, 6) is 0.661. The molecule has 0 amide bonds. The molecule has 18 heavy (non-hydrogen) atoms. The Balaban J connectivity index is 0.000000771. The predicted molar refractivity (Wildman–Crippen MR) is 77.8 cm³/mol. The molecule has 0 radical (unpaired) electrons. The molecule has 1 aliphatic rings. The molecule has 2 rings (SSSR count). The van der Waals surface area contributed by atoms with Gasteiger partial charge < -0.3 is 5.32 Å². The maximum absolute atomic E-state index is 11.9. The van der Waals surface area contributed by atoms with E-state index in [1.807, 2.05) is 44.2 Å². The Kier molecular flexibility index (Phi) is 7.89. The van der Waals surface area contributed by atoms with Gasteiger partial charge in [-0.1, -0.05) is 32.0 Å². The van der Waals surface area contributed by atoms with Crippen molar-refractivity contribution >= 4 is 11.0 Å². The highest BCUT2D eigenvalue weighted by molar-refractivity contribution is 7.83. The van der Waals surface area contributed by atoms with Crippen molar-refractivity contribution in [3.8, 4) is 0 Å². The molecule has 0 aromatic heterocycles. The average Bonchev–Trinajstić information content (AvgIpc) is 2.49.